The Kier molecular flexibility index (Phi) is 4.58. The maximum atomic E-state index is 12.6. The highest BCUT2D eigenvalue weighted by molar-refractivity contribution is 6.00. The van der Waals surface area contributed by atoms with Crippen LogP contribution in [0, 0.1) is 13.8 Å². The molecule has 0 aliphatic heterocycles. The van der Waals surface area contributed by atoms with E-state index in [2.05, 4.69) is 16.9 Å². The van der Waals surface area contributed by atoms with E-state index >= 15 is 0 Å². The number of rotatable bonds is 5. The maximum Gasteiger partial charge on any atom is 0.179 e. The number of hydrogen-bond acceptors (Lipinski definition) is 3. The zero-order chi connectivity index (χ0) is 15.6. The van der Waals surface area contributed by atoms with Crippen molar-refractivity contribution in [2.24, 2.45) is 7.05 Å². The Bertz CT molecular complexity index is 645. The average molecular weight is 285 g/mol. The average Bonchev–Trinajstić information content (AvgIpc) is 2.85. The van der Waals surface area contributed by atoms with Crippen LogP contribution in [0.15, 0.2) is 30.6 Å². The number of aromatic nitrogens is 2. The fourth-order valence-corrected chi connectivity index (χ4v) is 2.31. The molecule has 1 unspecified atom stereocenters. The number of ketones is 1. The normalized spacial score (nSPS) is 12.7. The van der Waals surface area contributed by atoms with E-state index in [4.69, 9.17) is 0 Å². The van der Waals surface area contributed by atoms with Crippen molar-refractivity contribution >= 4 is 5.78 Å². The van der Waals surface area contributed by atoms with E-state index in [1.54, 1.807) is 4.68 Å². The largest absolute Gasteiger partial charge is 0.292 e. The molecule has 0 saturated carbocycles. The van der Waals surface area contributed by atoms with Crippen LogP contribution in [0.3, 0.4) is 0 Å². The third-order valence-corrected chi connectivity index (χ3v) is 4.02. The van der Waals surface area contributed by atoms with Crippen LogP contribution in [-0.4, -0.2) is 33.6 Å². The number of hydrogen-bond donors (Lipinski definition) is 0. The van der Waals surface area contributed by atoms with E-state index in [1.807, 2.05) is 58.5 Å². The van der Waals surface area contributed by atoms with Crippen molar-refractivity contribution in [1.29, 1.82) is 0 Å². The molecule has 0 spiro atoms. The molecule has 4 nitrogen and oxygen atoms in total. The molecule has 21 heavy (non-hydrogen) atoms. The topological polar surface area (TPSA) is 38.1 Å². The molecule has 0 aliphatic carbocycles. The molecule has 1 aromatic carbocycles. The fraction of sp³-hybridized carbons (Fsp3) is 0.412. The highest BCUT2D eigenvalue weighted by atomic mass is 16.1. The van der Waals surface area contributed by atoms with Crippen LogP contribution in [0.1, 0.15) is 34.0 Å². The summed E-state index contributed by atoms with van der Waals surface area (Å²) in [6.07, 6.45) is 3.81. The summed E-state index contributed by atoms with van der Waals surface area (Å²) in [6.45, 7) is 6.76. The number of likely N-dealkylation sites (N-methyl/N-ethyl adjacent to an activating group) is 1. The molecule has 1 atom stereocenters. The minimum absolute atomic E-state index is 0.157. The molecule has 0 amide bonds. The van der Waals surface area contributed by atoms with Crippen molar-refractivity contribution < 1.29 is 4.79 Å². The number of aryl methyl sites for hydroxylation is 3. The van der Waals surface area contributed by atoms with Gasteiger partial charge in [0.2, 0.25) is 0 Å². The number of nitrogens with zero attached hydrogens (tertiary/aromatic N) is 3. The van der Waals surface area contributed by atoms with Crippen molar-refractivity contribution in [2.75, 3.05) is 7.05 Å². The van der Waals surface area contributed by atoms with Crippen molar-refractivity contribution in [3.8, 4) is 0 Å². The van der Waals surface area contributed by atoms with Crippen LogP contribution >= 0.6 is 0 Å². The zero-order valence-corrected chi connectivity index (χ0v) is 13.4. The molecular weight excluding hydrogens is 262 g/mol. The van der Waals surface area contributed by atoms with Gasteiger partial charge in [0.1, 0.15) is 0 Å². The summed E-state index contributed by atoms with van der Waals surface area (Å²) in [5.74, 6) is 0.157. The van der Waals surface area contributed by atoms with Gasteiger partial charge < -0.3 is 0 Å². The lowest BCUT2D eigenvalue weighted by Gasteiger charge is -2.23. The molecule has 2 aromatic rings. The second-order valence-electron chi connectivity index (χ2n) is 5.78. The number of carbonyl (C=O) groups excluding carboxylic acids is 1. The van der Waals surface area contributed by atoms with Gasteiger partial charge in [-0.3, -0.25) is 14.4 Å². The van der Waals surface area contributed by atoms with Gasteiger partial charge in [0.25, 0.3) is 0 Å². The van der Waals surface area contributed by atoms with E-state index in [0.717, 1.165) is 16.7 Å². The Hall–Kier alpha value is -1.94. The van der Waals surface area contributed by atoms with Crippen LogP contribution in [0.4, 0.5) is 0 Å². The summed E-state index contributed by atoms with van der Waals surface area (Å²) in [4.78, 5) is 14.6. The molecule has 112 valence electrons. The lowest BCUT2D eigenvalue weighted by molar-refractivity contribution is 0.0862. The van der Waals surface area contributed by atoms with Gasteiger partial charge in [-0.1, -0.05) is 12.1 Å². The summed E-state index contributed by atoms with van der Waals surface area (Å²) in [5.41, 5.74) is 4.26. The standard InChI is InChI=1S/C17H23N3O/c1-12-6-7-16(8-13(12)2)17(21)14(3)19(4)10-15-9-18-20(5)11-15/h6-9,11,14H,10H2,1-5H3. The quantitative estimate of drug-likeness (QED) is 0.793. The lowest BCUT2D eigenvalue weighted by Crippen LogP contribution is -2.35. The Labute approximate surface area is 126 Å². The molecule has 2 rings (SSSR count). The Morgan fingerprint density at radius 1 is 1.33 bits per heavy atom. The summed E-state index contributed by atoms with van der Waals surface area (Å²) in [7, 11) is 3.86. The lowest BCUT2D eigenvalue weighted by atomic mass is 9.99. The number of Topliss-reactive ketones (excluding diaryl/α,β-unsaturated/α-hetero) is 1. The second-order valence-corrected chi connectivity index (χ2v) is 5.78. The minimum Gasteiger partial charge on any atom is -0.292 e. The summed E-state index contributed by atoms with van der Waals surface area (Å²) in [6, 6.07) is 5.74. The minimum atomic E-state index is -0.160. The van der Waals surface area contributed by atoms with E-state index in [0.29, 0.717) is 6.54 Å². The van der Waals surface area contributed by atoms with E-state index in [9.17, 15) is 4.79 Å². The summed E-state index contributed by atoms with van der Waals surface area (Å²) in [5, 5.41) is 4.16. The van der Waals surface area contributed by atoms with Crippen LogP contribution in [0.2, 0.25) is 0 Å². The number of carbonyl (C=O) groups is 1. The molecule has 0 saturated heterocycles. The first kappa shape index (κ1) is 15.4. The van der Waals surface area contributed by atoms with Gasteiger partial charge in [0, 0.05) is 30.9 Å². The molecule has 0 aliphatic rings. The summed E-state index contributed by atoms with van der Waals surface area (Å²) >= 11 is 0. The Morgan fingerprint density at radius 3 is 2.62 bits per heavy atom. The number of benzene rings is 1. The Balaban J connectivity index is 2.08. The van der Waals surface area contributed by atoms with Crippen LogP contribution in [0.5, 0.6) is 0 Å². The van der Waals surface area contributed by atoms with Gasteiger partial charge >= 0.3 is 0 Å². The molecule has 1 heterocycles. The first-order valence-corrected chi connectivity index (χ1v) is 7.17. The van der Waals surface area contributed by atoms with Crippen LogP contribution in [0.25, 0.3) is 0 Å². The third-order valence-electron chi connectivity index (χ3n) is 4.02. The highest BCUT2D eigenvalue weighted by Crippen LogP contribution is 2.14. The van der Waals surface area contributed by atoms with Gasteiger partial charge in [-0.2, -0.15) is 5.10 Å². The van der Waals surface area contributed by atoms with Gasteiger partial charge in [-0.25, -0.2) is 0 Å². The zero-order valence-electron chi connectivity index (χ0n) is 13.4. The van der Waals surface area contributed by atoms with Crippen LogP contribution in [-0.2, 0) is 13.6 Å². The molecule has 1 aromatic heterocycles. The van der Waals surface area contributed by atoms with Crippen LogP contribution < -0.4 is 0 Å². The third kappa shape index (κ3) is 3.58. The van der Waals surface area contributed by atoms with Gasteiger partial charge in [0.05, 0.1) is 12.2 Å². The predicted molar refractivity (Wildman–Crippen MR) is 84.4 cm³/mol. The van der Waals surface area contributed by atoms with Gasteiger partial charge in [0.15, 0.2) is 5.78 Å². The van der Waals surface area contributed by atoms with Crippen molar-refractivity contribution in [3.63, 3.8) is 0 Å². The first-order valence-electron chi connectivity index (χ1n) is 7.17. The monoisotopic (exact) mass is 285 g/mol. The fourth-order valence-electron chi connectivity index (χ4n) is 2.31. The molecule has 0 radical (unpaired) electrons. The highest BCUT2D eigenvalue weighted by Gasteiger charge is 2.20. The second kappa shape index (κ2) is 6.22. The molecule has 4 heteroatoms. The smallest absolute Gasteiger partial charge is 0.179 e. The molecule has 0 bridgehead atoms. The van der Waals surface area contributed by atoms with Gasteiger partial charge in [-0.15, -0.1) is 0 Å². The van der Waals surface area contributed by atoms with E-state index < -0.39 is 0 Å². The SMILES string of the molecule is Cc1ccc(C(=O)C(C)N(C)Cc2cnn(C)c2)cc1C. The van der Waals surface area contributed by atoms with Crippen molar-refractivity contribution in [2.45, 2.75) is 33.4 Å². The Morgan fingerprint density at radius 2 is 2.05 bits per heavy atom. The maximum absolute atomic E-state index is 12.6. The molecular formula is C17H23N3O. The van der Waals surface area contributed by atoms with E-state index in [-0.39, 0.29) is 11.8 Å². The molecule has 0 N–H and O–H groups in total. The molecule has 0 fully saturated rings. The summed E-state index contributed by atoms with van der Waals surface area (Å²) < 4.78 is 1.78. The van der Waals surface area contributed by atoms with Crippen molar-refractivity contribution in [3.05, 3.63) is 52.8 Å². The predicted octanol–water partition coefficient (Wildman–Crippen LogP) is 2.74. The van der Waals surface area contributed by atoms with Crippen molar-refractivity contribution in [1.82, 2.24) is 14.7 Å². The first-order chi connectivity index (χ1) is 9.88. The van der Waals surface area contributed by atoms with Gasteiger partial charge in [-0.05, 0) is 45.0 Å². The van der Waals surface area contributed by atoms with E-state index in [1.165, 1.54) is 5.56 Å².